The van der Waals surface area contributed by atoms with Crippen molar-refractivity contribution >= 4 is 45.6 Å². The van der Waals surface area contributed by atoms with Gasteiger partial charge in [-0.15, -0.1) is 11.3 Å². The van der Waals surface area contributed by atoms with Gasteiger partial charge in [0, 0.05) is 47.2 Å². The third kappa shape index (κ3) is 4.30. The zero-order valence-electron chi connectivity index (χ0n) is 14.3. The molecule has 1 amide bonds. The highest BCUT2D eigenvalue weighted by Crippen LogP contribution is 2.30. The average Bonchev–Trinajstić information content (AvgIpc) is 3.06. The van der Waals surface area contributed by atoms with Gasteiger partial charge in [-0.1, -0.05) is 35.3 Å². The molecule has 27 heavy (non-hydrogen) atoms. The molecule has 0 spiro atoms. The molecule has 3 heterocycles. The molecule has 0 unspecified atom stereocenters. The molecular formula is C19H16Cl2N4OS. The Labute approximate surface area is 171 Å². The van der Waals surface area contributed by atoms with Gasteiger partial charge in [-0.05, 0) is 29.8 Å². The average molecular weight is 419 g/mol. The maximum absolute atomic E-state index is 12.3. The summed E-state index contributed by atoms with van der Waals surface area (Å²) < 4.78 is 0. The van der Waals surface area contributed by atoms with Crippen LogP contribution >= 0.6 is 34.5 Å². The molecule has 3 aromatic rings. The molecule has 1 N–H and O–H groups in total. The molecule has 1 aliphatic heterocycles. The van der Waals surface area contributed by atoms with Crippen molar-refractivity contribution in [2.24, 2.45) is 0 Å². The number of rotatable bonds is 4. The SMILES string of the molecule is O=C(Nc1nc2c(s1)CN(Cc1ccc(Cl)cc1Cl)CC2)c1ccccn1. The van der Waals surface area contributed by atoms with Crippen LogP contribution in [-0.4, -0.2) is 27.3 Å². The number of nitrogens with one attached hydrogen (secondary N) is 1. The van der Waals surface area contributed by atoms with Gasteiger partial charge in [0.2, 0.25) is 0 Å². The number of amides is 1. The third-order valence-corrected chi connectivity index (χ3v) is 5.92. The first-order valence-corrected chi connectivity index (χ1v) is 10.0. The Morgan fingerprint density at radius 1 is 1.26 bits per heavy atom. The molecule has 8 heteroatoms. The van der Waals surface area contributed by atoms with E-state index in [1.165, 1.54) is 16.2 Å². The first-order valence-electron chi connectivity index (χ1n) is 8.46. The van der Waals surface area contributed by atoms with Gasteiger partial charge in [-0.25, -0.2) is 4.98 Å². The van der Waals surface area contributed by atoms with Crippen molar-refractivity contribution in [3.63, 3.8) is 0 Å². The fraction of sp³-hybridized carbons (Fsp3) is 0.211. The molecule has 0 saturated heterocycles. The van der Waals surface area contributed by atoms with Crippen LogP contribution in [0.3, 0.4) is 0 Å². The number of fused-ring (bicyclic) bond motifs is 1. The molecule has 5 nitrogen and oxygen atoms in total. The van der Waals surface area contributed by atoms with Gasteiger partial charge >= 0.3 is 0 Å². The molecule has 2 aromatic heterocycles. The molecule has 138 valence electrons. The normalized spacial score (nSPS) is 14.0. The van der Waals surface area contributed by atoms with Crippen LogP contribution in [0.2, 0.25) is 10.0 Å². The number of pyridine rings is 1. The van der Waals surface area contributed by atoms with Crippen molar-refractivity contribution in [1.82, 2.24) is 14.9 Å². The fourth-order valence-corrected chi connectivity index (χ4v) is 4.50. The summed E-state index contributed by atoms with van der Waals surface area (Å²) in [5, 5.41) is 4.78. The van der Waals surface area contributed by atoms with Crippen LogP contribution in [-0.2, 0) is 19.5 Å². The highest BCUT2D eigenvalue weighted by Gasteiger charge is 2.22. The lowest BCUT2D eigenvalue weighted by Crippen LogP contribution is -2.29. The Hall–Kier alpha value is -1.99. The predicted octanol–water partition coefficient (Wildman–Crippen LogP) is 4.66. The van der Waals surface area contributed by atoms with Crippen molar-refractivity contribution in [3.05, 3.63) is 74.5 Å². The maximum atomic E-state index is 12.3. The van der Waals surface area contributed by atoms with E-state index in [2.05, 4.69) is 20.2 Å². The second-order valence-corrected chi connectivity index (χ2v) is 8.18. The highest BCUT2D eigenvalue weighted by atomic mass is 35.5. The Kier molecular flexibility index (Phi) is 5.41. The second kappa shape index (κ2) is 7.94. The Bertz CT molecular complexity index is 977. The van der Waals surface area contributed by atoms with E-state index in [-0.39, 0.29) is 5.91 Å². The minimum Gasteiger partial charge on any atom is -0.296 e. The Morgan fingerprint density at radius 2 is 2.15 bits per heavy atom. The standard InChI is InChI=1S/C19H16Cl2N4OS/c20-13-5-4-12(14(21)9-13)10-25-8-6-15-17(11-25)27-19(23-15)24-18(26)16-3-1-2-7-22-16/h1-5,7,9H,6,8,10-11H2,(H,23,24,26). The van der Waals surface area contributed by atoms with E-state index in [0.717, 1.165) is 37.3 Å². The first kappa shape index (κ1) is 18.4. The minimum atomic E-state index is -0.244. The topological polar surface area (TPSA) is 58.1 Å². The number of nitrogens with zero attached hydrogens (tertiary/aromatic N) is 3. The second-order valence-electron chi connectivity index (χ2n) is 6.25. The monoisotopic (exact) mass is 418 g/mol. The fourth-order valence-electron chi connectivity index (χ4n) is 2.99. The van der Waals surface area contributed by atoms with Crippen molar-refractivity contribution in [2.45, 2.75) is 19.5 Å². The van der Waals surface area contributed by atoms with Gasteiger partial charge in [0.25, 0.3) is 5.91 Å². The molecule has 1 aliphatic rings. The zero-order chi connectivity index (χ0) is 18.8. The summed E-state index contributed by atoms with van der Waals surface area (Å²) in [6, 6.07) is 10.8. The van der Waals surface area contributed by atoms with Crippen LogP contribution in [0.25, 0.3) is 0 Å². The van der Waals surface area contributed by atoms with Crippen LogP contribution < -0.4 is 5.32 Å². The Balaban J connectivity index is 1.43. The summed E-state index contributed by atoms with van der Waals surface area (Å²) in [6.45, 7) is 2.43. The summed E-state index contributed by atoms with van der Waals surface area (Å²) in [5.74, 6) is -0.244. The third-order valence-electron chi connectivity index (χ3n) is 4.34. The molecule has 0 radical (unpaired) electrons. The first-order chi connectivity index (χ1) is 13.1. The number of benzene rings is 1. The van der Waals surface area contributed by atoms with Crippen LogP contribution in [0.1, 0.15) is 26.6 Å². The van der Waals surface area contributed by atoms with Gasteiger partial charge in [-0.2, -0.15) is 0 Å². The number of thiazole rings is 1. The van der Waals surface area contributed by atoms with Crippen LogP contribution in [0.4, 0.5) is 5.13 Å². The van der Waals surface area contributed by atoms with Crippen molar-refractivity contribution in [3.8, 4) is 0 Å². The number of aromatic nitrogens is 2. The molecule has 0 aliphatic carbocycles. The van der Waals surface area contributed by atoms with Crippen molar-refractivity contribution in [1.29, 1.82) is 0 Å². The quantitative estimate of drug-likeness (QED) is 0.669. The Morgan fingerprint density at radius 3 is 2.93 bits per heavy atom. The molecule has 0 bridgehead atoms. The number of hydrogen-bond donors (Lipinski definition) is 1. The van der Waals surface area contributed by atoms with E-state index >= 15 is 0 Å². The summed E-state index contributed by atoms with van der Waals surface area (Å²) in [7, 11) is 0. The minimum absolute atomic E-state index is 0.244. The lowest BCUT2D eigenvalue weighted by atomic mass is 10.1. The van der Waals surface area contributed by atoms with Crippen molar-refractivity contribution < 1.29 is 4.79 Å². The predicted molar refractivity (Wildman–Crippen MR) is 109 cm³/mol. The van der Waals surface area contributed by atoms with Crippen LogP contribution in [0.5, 0.6) is 0 Å². The molecule has 1 aromatic carbocycles. The molecule has 4 rings (SSSR count). The number of hydrogen-bond acceptors (Lipinski definition) is 5. The number of halogens is 2. The lowest BCUT2D eigenvalue weighted by molar-refractivity contribution is 0.102. The van der Waals surface area contributed by atoms with E-state index in [1.54, 1.807) is 30.5 Å². The number of carbonyl (C=O) groups excluding carboxylic acids is 1. The molecule has 0 atom stereocenters. The largest absolute Gasteiger partial charge is 0.296 e. The van der Waals surface area contributed by atoms with Gasteiger partial charge in [-0.3, -0.25) is 20.0 Å². The van der Waals surface area contributed by atoms with E-state index in [0.29, 0.717) is 20.9 Å². The van der Waals surface area contributed by atoms with Gasteiger partial charge in [0.1, 0.15) is 5.69 Å². The summed E-state index contributed by atoms with van der Waals surface area (Å²) in [6.07, 6.45) is 2.44. The summed E-state index contributed by atoms with van der Waals surface area (Å²) in [5.41, 5.74) is 2.48. The van der Waals surface area contributed by atoms with Gasteiger partial charge in [0.15, 0.2) is 5.13 Å². The lowest BCUT2D eigenvalue weighted by Gasteiger charge is -2.26. The summed E-state index contributed by atoms with van der Waals surface area (Å²) >= 11 is 13.8. The molecule has 0 saturated carbocycles. The van der Waals surface area contributed by atoms with E-state index in [4.69, 9.17) is 23.2 Å². The zero-order valence-corrected chi connectivity index (χ0v) is 16.6. The van der Waals surface area contributed by atoms with Crippen molar-refractivity contribution in [2.75, 3.05) is 11.9 Å². The van der Waals surface area contributed by atoms with Crippen LogP contribution in [0, 0.1) is 0 Å². The van der Waals surface area contributed by atoms with E-state index < -0.39 is 0 Å². The smallest absolute Gasteiger partial charge is 0.276 e. The maximum Gasteiger partial charge on any atom is 0.276 e. The molecule has 0 fully saturated rings. The van der Waals surface area contributed by atoms with E-state index in [1.807, 2.05) is 12.1 Å². The van der Waals surface area contributed by atoms with Gasteiger partial charge < -0.3 is 0 Å². The van der Waals surface area contributed by atoms with Crippen LogP contribution in [0.15, 0.2) is 42.6 Å². The summed E-state index contributed by atoms with van der Waals surface area (Å²) in [4.78, 5) is 24.4. The van der Waals surface area contributed by atoms with E-state index in [9.17, 15) is 4.79 Å². The highest BCUT2D eigenvalue weighted by molar-refractivity contribution is 7.15. The molecular weight excluding hydrogens is 403 g/mol. The number of anilines is 1. The van der Waals surface area contributed by atoms with Gasteiger partial charge in [0.05, 0.1) is 5.69 Å². The number of carbonyl (C=O) groups is 1.